The van der Waals surface area contributed by atoms with E-state index in [0.717, 1.165) is 72.4 Å². The smallest absolute Gasteiger partial charge is 0.272 e. The minimum atomic E-state index is -0.0653. The van der Waals surface area contributed by atoms with Crippen molar-refractivity contribution in [2.45, 2.75) is 53.0 Å². The van der Waals surface area contributed by atoms with Gasteiger partial charge in [0.15, 0.2) is 0 Å². The fourth-order valence-electron chi connectivity index (χ4n) is 3.48. The highest BCUT2D eigenvalue weighted by molar-refractivity contribution is 6.08. The van der Waals surface area contributed by atoms with Gasteiger partial charge < -0.3 is 14.6 Å². The van der Waals surface area contributed by atoms with E-state index in [4.69, 9.17) is 4.74 Å². The van der Waals surface area contributed by atoms with Crippen LogP contribution in [0.15, 0.2) is 48.5 Å². The molecule has 0 saturated heterocycles. The van der Waals surface area contributed by atoms with Crippen molar-refractivity contribution < 1.29 is 9.53 Å². The third-order valence-corrected chi connectivity index (χ3v) is 5.05. The summed E-state index contributed by atoms with van der Waals surface area (Å²) in [5.41, 5.74) is 3.68. The van der Waals surface area contributed by atoms with E-state index >= 15 is 0 Å². The molecular formula is C24H30N2O2. The second kappa shape index (κ2) is 9.45. The van der Waals surface area contributed by atoms with E-state index in [1.807, 2.05) is 43.3 Å². The van der Waals surface area contributed by atoms with Crippen LogP contribution in [0.1, 0.15) is 55.6 Å². The maximum absolute atomic E-state index is 13.1. The van der Waals surface area contributed by atoms with E-state index in [1.54, 1.807) is 0 Å². The van der Waals surface area contributed by atoms with Gasteiger partial charge in [0.25, 0.3) is 5.91 Å². The number of aromatic nitrogens is 1. The standard InChI is InChI=1S/C24H30N2O2/c1-4-6-16-26-22-11-9-8-10-21(22)18(3)23(26)24(27)25-19-12-14-20(15-13-19)28-17-7-5-2/h8-15H,4-7,16-17H2,1-3H3,(H,25,27). The van der Waals surface area contributed by atoms with Crippen molar-refractivity contribution in [3.8, 4) is 5.75 Å². The summed E-state index contributed by atoms with van der Waals surface area (Å²) in [6.45, 7) is 7.91. The van der Waals surface area contributed by atoms with Crippen LogP contribution in [0.3, 0.4) is 0 Å². The molecule has 0 fully saturated rings. The summed E-state index contributed by atoms with van der Waals surface area (Å²) in [4.78, 5) is 13.1. The summed E-state index contributed by atoms with van der Waals surface area (Å²) in [5, 5.41) is 4.20. The SMILES string of the molecule is CCCCOc1ccc(NC(=O)c2c(C)c3ccccc3n2CCCC)cc1. The Morgan fingerprint density at radius 2 is 1.71 bits per heavy atom. The first-order valence-electron chi connectivity index (χ1n) is 10.3. The lowest BCUT2D eigenvalue weighted by Gasteiger charge is -2.12. The highest BCUT2D eigenvalue weighted by atomic mass is 16.5. The van der Waals surface area contributed by atoms with Crippen molar-refractivity contribution in [1.82, 2.24) is 4.57 Å². The number of hydrogen-bond acceptors (Lipinski definition) is 2. The summed E-state index contributed by atoms with van der Waals surface area (Å²) < 4.78 is 7.86. The maximum Gasteiger partial charge on any atom is 0.272 e. The summed E-state index contributed by atoms with van der Waals surface area (Å²) in [7, 11) is 0. The Bertz CT molecular complexity index is 926. The minimum Gasteiger partial charge on any atom is -0.494 e. The van der Waals surface area contributed by atoms with Crippen LogP contribution in [0.25, 0.3) is 10.9 Å². The predicted octanol–water partition coefficient (Wildman–Crippen LogP) is 6.18. The molecule has 0 aliphatic carbocycles. The topological polar surface area (TPSA) is 43.3 Å². The Hall–Kier alpha value is -2.75. The molecule has 2 aromatic carbocycles. The van der Waals surface area contributed by atoms with Crippen molar-refractivity contribution in [2.24, 2.45) is 0 Å². The second-order valence-electron chi connectivity index (χ2n) is 7.18. The number of fused-ring (bicyclic) bond motifs is 1. The van der Waals surface area contributed by atoms with Gasteiger partial charge in [0.2, 0.25) is 0 Å². The van der Waals surface area contributed by atoms with Gasteiger partial charge in [-0.3, -0.25) is 4.79 Å². The number of hydrogen-bond donors (Lipinski definition) is 1. The maximum atomic E-state index is 13.1. The van der Waals surface area contributed by atoms with Crippen LogP contribution in [0, 0.1) is 6.92 Å². The van der Waals surface area contributed by atoms with Gasteiger partial charge in [0.05, 0.1) is 6.61 Å². The zero-order valence-corrected chi connectivity index (χ0v) is 17.1. The first-order valence-corrected chi connectivity index (χ1v) is 10.3. The van der Waals surface area contributed by atoms with E-state index in [1.165, 1.54) is 0 Å². The predicted molar refractivity (Wildman–Crippen MR) is 116 cm³/mol. The van der Waals surface area contributed by atoms with E-state index in [-0.39, 0.29) is 5.91 Å². The van der Waals surface area contributed by atoms with Crippen molar-refractivity contribution >= 4 is 22.5 Å². The quantitative estimate of drug-likeness (QED) is 0.452. The number of benzene rings is 2. The van der Waals surface area contributed by atoms with Crippen LogP contribution < -0.4 is 10.1 Å². The summed E-state index contributed by atoms with van der Waals surface area (Å²) in [6.07, 6.45) is 4.29. The molecule has 4 nitrogen and oxygen atoms in total. The zero-order valence-electron chi connectivity index (χ0n) is 17.1. The van der Waals surface area contributed by atoms with Gasteiger partial charge in [0.1, 0.15) is 11.4 Å². The Balaban J connectivity index is 1.82. The van der Waals surface area contributed by atoms with Gasteiger partial charge in [-0.15, -0.1) is 0 Å². The van der Waals surface area contributed by atoms with Crippen LogP contribution in [-0.2, 0) is 6.54 Å². The van der Waals surface area contributed by atoms with E-state index < -0.39 is 0 Å². The molecule has 0 unspecified atom stereocenters. The lowest BCUT2D eigenvalue weighted by molar-refractivity contribution is 0.101. The molecule has 4 heteroatoms. The molecular weight excluding hydrogens is 348 g/mol. The van der Waals surface area contributed by atoms with Gasteiger partial charge in [0, 0.05) is 23.1 Å². The Kier molecular flexibility index (Phi) is 6.75. The molecule has 0 spiro atoms. The molecule has 0 saturated carbocycles. The lowest BCUT2D eigenvalue weighted by atomic mass is 10.1. The molecule has 0 atom stereocenters. The fourth-order valence-corrected chi connectivity index (χ4v) is 3.48. The van der Waals surface area contributed by atoms with Gasteiger partial charge >= 0.3 is 0 Å². The number of ether oxygens (including phenoxy) is 1. The number of amides is 1. The van der Waals surface area contributed by atoms with Crippen LogP contribution in [0.4, 0.5) is 5.69 Å². The normalized spacial score (nSPS) is 11.0. The first kappa shape index (κ1) is 20.0. The van der Waals surface area contributed by atoms with E-state index in [9.17, 15) is 4.79 Å². The average molecular weight is 379 g/mol. The summed E-state index contributed by atoms with van der Waals surface area (Å²) in [5.74, 6) is 0.768. The molecule has 0 radical (unpaired) electrons. The molecule has 0 bridgehead atoms. The van der Waals surface area contributed by atoms with Crippen LogP contribution in [-0.4, -0.2) is 17.1 Å². The molecule has 1 aromatic heterocycles. The van der Waals surface area contributed by atoms with Crippen LogP contribution >= 0.6 is 0 Å². The highest BCUT2D eigenvalue weighted by Gasteiger charge is 2.20. The zero-order chi connectivity index (χ0) is 19.9. The summed E-state index contributed by atoms with van der Waals surface area (Å²) >= 11 is 0. The molecule has 3 rings (SSSR count). The largest absolute Gasteiger partial charge is 0.494 e. The van der Waals surface area contributed by atoms with Gasteiger partial charge in [-0.1, -0.05) is 44.9 Å². The molecule has 0 aliphatic rings. The Morgan fingerprint density at radius 1 is 1.00 bits per heavy atom. The van der Waals surface area contributed by atoms with Crippen molar-refractivity contribution in [3.63, 3.8) is 0 Å². The molecule has 0 aliphatic heterocycles. The number of para-hydroxylation sites is 1. The molecule has 148 valence electrons. The molecule has 1 heterocycles. The molecule has 1 amide bonds. The van der Waals surface area contributed by atoms with Gasteiger partial charge in [-0.2, -0.15) is 0 Å². The molecule has 1 N–H and O–H groups in total. The first-order chi connectivity index (χ1) is 13.7. The number of nitrogens with zero attached hydrogens (tertiary/aromatic N) is 1. The van der Waals surface area contributed by atoms with E-state index in [2.05, 4.69) is 35.9 Å². The number of carbonyl (C=O) groups is 1. The Labute approximate surface area is 167 Å². The minimum absolute atomic E-state index is 0.0653. The number of nitrogens with one attached hydrogen (secondary N) is 1. The fraction of sp³-hybridized carbons (Fsp3) is 0.375. The third kappa shape index (κ3) is 4.38. The Morgan fingerprint density at radius 3 is 2.43 bits per heavy atom. The van der Waals surface area contributed by atoms with Crippen molar-refractivity contribution in [2.75, 3.05) is 11.9 Å². The number of carbonyl (C=O) groups excluding carboxylic acids is 1. The molecule has 3 aromatic rings. The van der Waals surface area contributed by atoms with Gasteiger partial charge in [-0.25, -0.2) is 0 Å². The van der Waals surface area contributed by atoms with Crippen LogP contribution in [0.2, 0.25) is 0 Å². The van der Waals surface area contributed by atoms with E-state index in [0.29, 0.717) is 0 Å². The number of unbranched alkanes of at least 4 members (excludes halogenated alkanes) is 2. The average Bonchev–Trinajstić information content (AvgIpc) is 3.00. The van der Waals surface area contributed by atoms with Crippen molar-refractivity contribution in [1.29, 1.82) is 0 Å². The number of rotatable bonds is 9. The molecule has 28 heavy (non-hydrogen) atoms. The monoisotopic (exact) mass is 378 g/mol. The van der Waals surface area contributed by atoms with Gasteiger partial charge in [-0.05, 0) is 55.7 Å². The second-order valence-corrected chi connectivity index (χ2v) is 7.18. The van der Waals surface area contributed by atoms with Crippen molar-refractivity contribution in [3.05, 3.63) is 59.8 Å². The highest BCUT2D eigenvalue weighted by Crippen LogP contribution is 2.27. The number of aryl methyl sites for hydroxylation is 2. The summed E-state index contributed by atoms with van der Waals surface area (Å²) in [6, 6.07) is 15.8. The number of anilines is 1. The van der Waals surface area contributed by atoms with Crippen LogP contribution in [0.5, 0.6) is 5.75 Å². The lowest BCUT2D eigenvalue weighted by Crippen LogP contribution is -2.18. The third-order valence-electron chi connectivity index (χ3n) is 5.05.